The Balaban J connectivity index is 3.34. The number of aliphatic hydroxyl groups is 2. The van der Waals surface area contributed by atoms with Crippen LogP contribution in [0.2, 0.25) is 0 Å². The fourth-order valence-electron chi connectivity index (χ4n) is 11.1. The average molecular weight is 1080 g/mol. The first-order valence-corrected chi connectivity index (χ1v) is 35.1. The van der Waals surface area contributed by atoms with E-state index in [1.807, 2.05) is 6.08 Å². The molecule has 0 aromatic heterocycles. The lowest BCUT2D eigenvalue weighted by molar-refractivity contribution is -0.143. The molecule has 0 aliphatic heterocycles. The minimum Gasteiger partial charge on any atom is -0.466 e. The first-order valence-electron chi connectivity index (χ1n) is 35.1. The van der Waals surface area contributed by atoms with E-state index in [-0.39, 0.29) is 18.5 Å². The molecule has 0 heterocycles. The SMILES string of the molecule is CCCCCCCCCCCC/C=C/C(O)C(CO)NC(=O)CCCCCCCCCCCCCCCCC/C=C\CCCCCCCCCCCCCCOC(=O)CCCCCCCCCCCCCCCCCCC. The van der Waals surface area contributed by atoms with E-state index in [0.29, 0.717) is 19.4 Å². The van der Waals surface area contributed by atoms with Gasteiger partial charge in [-0.3, -0.25) is 9.59 Å². The van der Waals surface area contributed by atoms with Crippen LogP contribution in [0.5, 0.6) is 0 Å². The molecule has 0 aliphatic rings. The normalized spacial score (nSPS) is 12.6. The fraction of sp³-hybridized carbons (Fsp3) is 0.915. The van der Waals surface area contributed by atoms with E-state index in [1.165, 1.54) is 327 Å². The number of rotatable bonds is 66. The molecule has 77 heavy (non-hydrogen) atoms. The molecule has 456 valence electrons. The van der Waals surface area contributed by atoms with Crippen molar-refractivity contribution in [2.24, 2.45) is 0 Å². The highest BCUT2D eigenvalue weighted by Crippen LogP contribution is 2.19. The number of hydrogen-bond acceptors (Lipinski definition) is 5. The maximum absolute atomic E-state index is 12.5. The number of unbranched alkanes of at least 4 members (excludes halogenated alkanes) is 53. The van der Waals surface area contributed by atoms with Gasteiger partial charge in [0.25, 0.3) is 0 Å². The zero-order valence-corrected chi connectivity index (χ0v) is 52.2. The summed E-state index contributed by atoms with van der Waals surface area (Å²) >= 11 is 0. The zero-order valence-electron chi connectivity index (χ0n) is 52.2. The van der Waals surface area contributed by atoms with Crippen molar-refractivity contribution in [3.05, 3.63) is 24.3 Å². The second-order valence-electron chi connectivity index (χ2n) is 24.2. The third-order valence-corrected chi connectivity index (χ3v) is 16.5. The summed E-state index contributed by atoms with van der Waals surface area (Å²) in [6.07, 6.45) is 84.1. The van der Waals surface area contributed by atoms with Gasteiger partial charge in [-0.1, -0.05) is 346 Å². The largest absolute Gasteiger partial charge is 0.466 e. The van der Waals surface area contributed by atoms with Crippen molar-refractivity contribution < 1.29 is 24.5 Å². The van der Waals surface area contributed by atoms with Gasteiger partial charge in [-0.15, -0.1) is 0 Å². The minimum atomic E-state index is -0.841. The Hall–Kier alpha value is -1.66. The number of aliphatic hydroxyl groups excluding tert-OH is 2. The van der Waals surface area contributed by atoms with Crippen LogP contribution in [0.3, 0.4) is 0 Å². The van der Waals surface area contributed by atoms with Gasteiger partial charge < -0.3 is 20.3 Å². The van der Waals surface area contributed by atoms with Gasteiger partial charge >= 0.3 is 5.97 Å². The molecular formula is C71H137NO5. The monoisotopic (exact) mass is 1080 g/mol. The standard InChI is InChI=1S/C71H137NO5/c1-3-5-7-9-11-13-15-17-18-34-38-41-45-49-53-57-61-65-71(76)77-66-62-58-54-50-46-42-39-36-33-31-29-27-25-23-21-19-20-22-24-26-28-30-32-35-37-40-44-48-52-56-60-64-70(75)72-68(67-73)69(74)63-59-55-51-47-43-16-14-12-10-8-6-4-2/h21,23,59,63,68-69,73-74H,3-20,22,24-58,60-62,64-67H2,1-2H3,(H,72,75)/b23-21-,63-59+. The molecule has 0 saturated carbocycles. The lowest BCUT2D eigenvalue weighted by Gasteiger charge is -2.20. The molecule has 2 atom stereocenters. The molecule has 3 N–H and O–H groups in total. The molecule has 0 fully saturated rings. The molecule has 0 aliphatic carbocycles. The Morgan fingerprint density at radius 2 is 0.610 bits per heavy atom. The van der Waals surface area contributed by atoms with Gasteiger partial charge in [-0.25, -0.2) is 0 Å². The molecule has 6 heteroatoms. The minimum absolute atomic E-state index is 0.0219. The first-order chi connectivity index (χ1) is 38.0. The van der Waals surface area contributed by atoms with Crippen LogP contribution in [0, 0.1) is 0 Å². The number of allylic oxidation sites excluding steroid dienone is 3. The Kier molecular flexibility index (Phi) is 65.4. The van der Waals surface area contributed by atoms with E-state index in [0.717, 1.165) is 38.5 Å². The highest BCUT2D eigenvalue weighted by molar-refractivity contribution is 5.76. The van der Waals surface area contributed by atoms with Crippen molar-refractivity contribution in [3.63, 3.8) is 0 Å². The maximum atomic E-state index is 12.5. The lowest BCUT2D eigenvalue weighted by atomic mass is 10.0. The summed E-state index contributed by atoms with van der Waals surface area (Å²) in [6, 6.07) is -0.625. The topological polar surface area (TPSA) is 95.9 Å². The van der Waals surface area contributed by atoms with E-state index in [1.54, 1.807) is 6.08 Å². The smallest absolute Gasteiger partial charge is 0.305 e. The van der Waals surface area contributed by atoms with Crippen molar-refractivity contribution in [2.75, 3.05) is 13.2 Å². The predicted octanol–water partition coefficient (Wildman–Crippen LogP) is 22.5. The summed E-state index contributed by atoms with van der Waals surface area (Å²) in [7, 11) is 0. The van der Waals surface area contributed by atoms with E-state index < -0.39 is 12.1 Å². The lowest BCUT2D eigenvalue weighted by Crippen LogP contribution is -2.45. The van der Waals surface area contributed by atoms with Gasteiger partial charge in [0.15, 0.2) is 0 Å². The van der Waals surface area contributed by atoms with Gasteiger partial charge in [0.05, 0.1) is 25.4 Å². The quantitative estimate of drug-likeness (QED) is 0.0320. The second-order valence-corrected chi connectivity index (χ2v) is 24.2. The van der Waals surface area contributed by atoms with Gasteiger partial charge in [-0.05, 0) is 57.8 Å². The van der Waals surface area contributed by atoms with Gasteiger partial charge in [0.1, 0.15) is 0 Å². The van der Waals surface area contributed by atoms with Crippen molar-refractivity contribution in [1.29, 1.82) is 0 Å². The van der Waals surface area contributed by atoms with Crippen molar-refractivity contribution >= 4 is 11.9 Å². The molecule has 0 aromatic rings. The van der Waals surface area contributed by atoms with E-state index in [4.69, 9.17) is 4.74 Å². The summed E-state index contributed by atoms with van der Waals surface area (Å²) < 4.78 is 5.51. The summed E-state index contributed by atoms with van der Waals surface area (Å²) in [5, 5.41) is 23.1. The Bertz CT molecular complexity index is 1200. The van der Waals surface area contributed by atoms with Gasteiger partial charge in [0.2, 0.25) is 5.91 Å². The molecule has 0 radical (unpaired) electrons. The highest BCUT2D eigenvalue weighted by Gasteiger charge is 2.18. The van der Waals surface area contributed by atoms with Crippen LogP contribution in [0.15, 0.2) is 24.3 Å². The highest BCUT2D eigenvalue weighted by atomic mass is 16.5. The van der Waals surface area contributed by atoms with E-state index >= 15 is 0 Å². The summed E-state index contributed by atoms with van der Waals surface area (Å²) in [5.41, 5.74) is 0. The first kappa shape index (κ1) is 75.3. The van der Waals surface area contributed by atoms with Crippen molar-refractivity contribution in [1.82, 2.24) is 5.32 Å². The summed E-state index contributed by atoms with van der Waals surface area (Å²) in [4.78, 5) is 24.5. The second kappa shape index (κ2) is 66.8. The maximum Gasteiger partial charge on any atom is 0.305 e. The Morgan fingerprint density at radius 1 is 0.351 bits per heavy atom. The van der Waals surface area contributed by atoms with Crippen LogP contribution >= 0.6 is 0 Å². The third-order valence-electron chi connectivity index (χ3n) is 16.5. The molecule has 0 rings (SSSR count). The molecule has 0 aromatic carbocycles. The summed E-state index contributed by atoms with van der Waals surface area (Å²) in [5.74, 6) is -0.0430. The molecule has 6 nitrogen and oxygen atoms in total. The number of esters is 1. The molecule has 2 unspecified atom stereocenters. The van der Waals surface area contributed by atoms with E-state index in [9.17, 15) is 19.8 Å². The number of ether oxygens (including phenoxy) is 1. The van der Waals surface area contributed by atoms with Gasteiger partial charge in [0, 0.05) is 12.8 Å². The number of carbonyl (C=O) groups excluding carboxylic acids is 2. The third kappa shape index (κ3) is 63.4. The Labute approximate surface area is 481 Å². The molecule has 0 spiro atoms. The fourth-order valence-corrected chi connectivity index (χ4v) is 11.1. The van der Waals surface area contributed by atoms with E-state index in [2.05, 4.69) is 31.3 Å². The number of amides is 1. The number of hydrogen-bond donors (Lipinski definition) is 3. The summed E-state index contributed by atoms with van der Waals surface area (Å²) in [6.45, 7) is 4.93. The van der Waals surface area contributed by atoms with Crippen LogP contribution in [-0.4, -0.2) is 47.4 Å². The molecule has 1 amide bonds. The number of nitrogens with one attached hydrogen (secondary N) is 1. The van der Waals surface area contributed by atoms with Crippen LogP contribution in [0.4, 0.5) is 0 Å². The number of carbonyl (C=O) groups is 2. The van der Waals surface area contributed by atoms with Crippen molar-refractivity contribution in [2.45, 2.75) is 405 Å². The predicted molar refractivity (Wildman–Crippen MR) is 338 cm³/mol. The van der Waals surface area contributed by atoms with Crippen LogP contribution < -0.4 is 5.32 Å². The van der Waals surface area contributed by atoms with Crippen LogP contribution in [0.25, 0.3) is 0 Å². The zero-order chi connectivity index (χ0) is 55.7. The van der Waals surface area contributed by atoms with Crippen LogP contribution in [0.1, 0.15) is 393 Å². The molecular weight excluding hydrogens is 947 g/mol. The van der Waals surface area contributed by atoms with Gasteiger partial charge in [-0.2, -0.15) is 0 Å². The van der Waals surface area contributed by atoms with Crippen molar-refractivity contribution in [3.8, 4) is 0 Å². The Morgan fingerprint density at radius 3 is 0.922 bits per heavy atom. The average Bonchev–Trinajstić information content (AvgIpc) is 3.43. The molecule has 0 bridgehead atoms. The van der Waals surface area contributed by atoms with Crippen LogP contribution in [-0.2, 0) is 14.3 Å². The molecule has 0 saturated heterocycles.